The number of hydrogen-bond donors (Lipinski definition) is 1. The molecule has 0 radical (unpaired) electrons. The number of nitrogen functional groups attached to an aromatic ring is 1. The van der Waals surface area contributed by atoms with Gasteiger partial charge in [-0.2, -0.15) is 0 Å². The molecule has 0 aliphatic heterocycles. The van der Waals surface area contributed by atoms with Gasteiger partial charge in [0.1, 0.15) is 5.69 Å². The van der Waals surface area contributed by atoms with Gasteiger partial charge in [-0.3, -0.25) is 4.79 Å². The molecule has 0 amide bonds. The zero-order valence-corrected chi connectivity index (χ0v) is 22.4. The Hall–Kier alpha value is -2.40. The third-order valence-electron chi connectivity index (χ3n) is 6.71. The lowest BCUT2D eigenvalue weighted by Gasteiger charge is -2.16. The van der Waals surface area contributed by atoms with Crippen LogP contribution in [0.25, 0.3) is 11.5 Å². The van der Waals surface area contributed by atoms with Gasteiger partial charge < -0.3 is 10.2 Å². The molecule has 0 saturated heterocycles. The highest BCUT2D eigenvalue weighted by atomic mass is 32.1. The monoisotopic (exact) mass is 494 g/mol. The zero-order chi connectivity index (χ0) is 24.9. The number of nitrogens with two attached hydrogens (primary N) is 1. The summed E-state index contributed by atoms with van der Waals surface area (Å²) < 4.78 is 5.62. The van der Waals surface area contributed by atoms with E-state index in [-0.39, 0.29) is 11.7 Å². The van der Waals surface area contributed by atoms with Crippen LogP contribution in [0.1, 0.15) is 117 Å². The molecule has 1 unspecified atom stereocenters. The molecule has 0 aliphatic carbocycles. The highest BCUT2D eigenvalue weighted by Gasteiger charge is 2.28. The molecule has 0 saturated carbocycles. The second kappa shape index (κ2) is 14.9. The number of carbonyl (C=O) groups is 1. The molecule has 35 heavy (non-hydrogen) atoms. The number of rotatable bonds is 17. The highest BCUT2D eigenvalue weighted by Crippen LogP contribution is 2.39. The number of nitrogens with zero attached hydrogens (tertiary/aromatic N) is 1. The number of aryl methyl sites for hydroxylation is 1. The van der Waals surface area contributed by atoms with Gasteiger partial charge in [-0.15, -0.1) is 11.3 Å². The molecule has 3 aromatic rings. The zero-order valence-electron chi connectivity index (χ0n) is 21.6. The molecule has 2 aromatic heterocycles. The number of anilines is 1. The summed E-state index contributed by atoms with van der Waals surface area (Å²) in [6.45, 7) is 4.29. The van der Waals surface area contributed by atoms with Crippen LogP contribution in [0.3, 0.4) is 0 Å². The van der Waals surface area contributed by atoms with Crippen molar-refractivity contribution >= 4 is 22.3 Å². The Morgan fingerprint density at radius 3 is 2.20 bits per heavy atom. The summed E-state index contributed by atoms with van der Waals surface area (Å²) in [4.78, 5) is 19.1. The summed E-state index contributed by atoms with van der Waals surface area (Å²) in [6.07, 6.45) is 18.1. The molecule has 3 rings (SSSR count). The SMILES string of the molecule is CCCCCCCCCCCCCCC(C(=O)c1cccc(C)c1)c1sc(N)nc1-c1ccco1. The van der Waals surface area contributed by atoms with Crippen molar-refractivity contribution in [2.24, 2.45) is 0 Å². The van der Waals surface area contributed by atoms with E-state index in [1.807, 2.05) is 43.3 Å². The number of aromatic nitrogens is 1. The van der Waals surface area contributed by atoms with E-state index in [1.54, 1.807) is 6.26 Å². The first-order valence-corrected chi connectivity index (χ1v) is 14.3. The molecule has 0 spiro atoms. The van der Waals surface area contributed by atoms with Gasteiger partial charge in [0, 0.05) is 10.4 Å². The first kappa shape index (κ1) is 27.2. The fourth-order valence-corrected chi connectivity index (χ4v) is 5.72. The molecule has 4 nitrogen and oxygen atoms in total. The Bertz CT molecular complexity index is 1010. The minimum Gasteiger partial charge on any atom is -0.463 e. The van der Waals surface area contributed by atoms with Gasteiger partial charge in [-0.25, -0.2) is 4.98 Å². The van der Waals surface area contributed by atoms with Crippen LogP contribution < -0.4 is 5.73 Å². The standard InChI is InChI=1S/C30H42N2O2S/c1-3-4-5-6-7-8-9-10-11-12-13-14-19-25(28(33)24-18-15-17-23(2)22-24)29-27(32-30(31)35-29)26-20-16-21-34-26/h15-18,20-22,25H,3-14,19H2,1-2H3,(H2,31,32). The Morgan fingerprint density at radius 1 is 0.943 bits per heavy atom. The van der Waals surface area contributed by atoms with E-state index >= 15 is 0 Å². The van der Waals surface area contributed by atoms with Crippen LogP contribution in [0.2, 0.25) is 0 Å². The number of unbranched alkanes of at least 4 members (excludes halogenated alkanes) is 11. The van der Waals surface area contributed by atoms with Crippen molar-refractivity contribution < 1.29 is 9.21 Å². The van der Waals surface area contributed by atoms with Crippen LogP contribution in [0.5, 0.6) is 0 Å². The molecule has 0 bridgehead atoms. The second-order valence-corrected chi connectivity index (χ2v) is 10.8. The number of benzene rings is 1. The van der Waals surface area contributed by atoms with Crippen LogP contribution >= 0.6 is 11.3 Å². The quantitative estimate of drug-likeness (QED) is 0.150. The third kappa shape index (κ3) is 8.64. The predicted molar refractivity (Wildman–Crippen MR) is 148 cm³/mol. The fourth-order valence-electron chi connectivity index (χ4n) is 4.75. The second-order valence-electron chi connectivity index (χ2n) is 9.71. The maximum absolute atomic E-state index is 13.7. The maximum atomic E-state index is 13.7. The van der Waals surface area contributed by atoms with E-state index in [2.05, 4.69) is 11.9 Å². The van der Waals surface area contributed by atoms with E-state index in [1.165, 1.54) is 75.5 Å². The number of carbonyl (C=O) groups excluding carboxylic acids is 1. The minimum atomic E-state index is -0.255. The summed E-state index contributed by atoms with van der Waals surface area (Å²) in [7, 11) is 0. The molecular formula is C30H42N2O2S. The topological polar surface area (TPSA) is 69.1 Å². The minimum absolute atomic E-state index is 0.147. The summed E-state index contributed by atoms with van der Waals surface area (Å²) in [6, 6.07) is 11.6. The lowest BCUT2D eigenvalue weighted by atomic mass is 9.89. The van der Waals surface area contributed by atoms with Crippen molar-refractivity contribution in [2.75, 3.05) is 5.73 Å². The average molecular weight is 495 g/mol. The number of ketones is 1. The molecule has 1 aromatic carbocycles. The summed E-state index contributed by atoms with van der Waals surface area (Å²) >= 11 is 1.42. The first-order chi connectivity index (χ1) is 17.1. The summed E-state index contributed by atoms with van der Waals surface area (Å²) in [5, 5.41) is 0.475. The normalized spacial score (nSPS) is 12.2. The molecule has 2 N–H and O–H groups in total. The van der Waals surface area contributed by atoms with Gasteiger partial charge in [0.2, 0.25) is 0 Å². The molecule has 0 aliphatic rings. The highest BCUT2D eigenvalue weighted by molar-refractivity contribution is 7.16. The smallest absolute Gasteiger partial charge is 0.180 e. The number of hydrogen-bond acceptors (Lipinski definition) is 5. The van der Waals surface area contributed by atoms with Gasteiger partial charge in [-0.05, 0) is 31.5 Å². The van der Waals surface area contributed by atoms with Gasteiger partial charge in [0.25, 0.3) is 0 Å². The largest absolute Gasteiger partial charge is 0.463 e. The Labute approximate surface area is 215 Å². The average Bonchev–Trinajstić information content (AvgIpc) is 3.51. The van der Waals surface area contributed by atoms with E-state index < -0.39 is 0 Å². The lowest BCUT2D eigenvalue weighted by Crippen LogP contribution is -2.13. The van der Waals surface area contributed by atoms with E-state index in [9.17, 15) is 4.79 Å². The molecule has 5 heteroatoms. The Balaban J connectivity index is 1.56. The number of thiazole rings is 1. The van der Waals surface area contributed by atoms with E-state index in [0.717, 1.165) is 35.3 Å². The van der Waals surface area contributed by atoms with Gasteiger partial charge in [0.05, 0.1) is 12.2 Å². The number of furan rings is 1. The summed E-state index contributed by atoms with van der Waals surface area (Å²) in [5.41, 5.74) is 8.67. The van der Waals surface area contributed by atoms with Gasteiger partial charge in [0.15, 0.2) is 16.7 Å². The van der Waals surface area contributed by atoms with Crippen LogP contribution in [0, 0.1) is 6.92 Å². The van der Waals surface area contributed by atoms with Crippen molar-refractivity contribution in [3.8, 4) is 11.5 Å². The fraction of sp³-hybridized carbons (Fsp3) is 0.533. The lowest BCUT2D eigenvalue weighted by molar-refractivity contribution is 0.0955. The summed E-state index contributed by atoms with van der Waals surface area (Å²) in [5.74, 6) is 0.563. The molecule has 190 valence electrons. The van der Waals surface area contributed by atoms with E-state index in [4.69, 9.17) is 10.2 Å². The van der Waals surface area contributed by atoms with Crippen molar-refractivity contribution in [1.29, 1.82) is 0 Å². The first-order valence-electron chi connectivity index (χ1n) is 13.5. The van der Waals surface area contributed by atoms with Gasteiger partial charge >= 0.3 is 0 Å². The van der Waals surface area contributed by atoms with Crippen LogP contribution in [-0.4, -0.2) is 10.8 Å². The molecular weight excluding hydrogens is 452 g/mol. The number of Topliss-reactive ketones (excluding diaryl/α,β-unsaturated/α-hetero) is 1. The maximum Gasteiger partial charge on any atom is 0.180 e. The van der Waals surface area contributed by atoms with Crippen molar-refractivity contribution in [2.45, 2.75) is 103 Å². The molecule has 0 fully saturated rings. The van der Waals surface area contributed by atoms with Crippen LogP contribution in [0.15, 0.2) is 47.1 Å². The van der Waals surface area contributed by atoms with Crippen molar-refractivity contribution in [3.05, 3.63) is 58.7 Å². The van der Waals surface area contributed by atoms with Crippen LogP contribution in [0.4, 0.5) is 5.13 Å². The van der Waals surface area contributed by atoms with Crippen molar-refractivity contribution in [1.82, 2.24) is 4.98 Å². The molecule has 2 heterocycles. The van der Waals surface area contributed by atoms with Crippen molar-refractivity contribution in [3.63, 3.8) is 0 Å². The van der Waals surface area contributed by atoms with Gasteiger partial charge in [-0.1, -0.05) is 108 Å². The Morgan fingerprint density at radius 2 is 1.60 bits per heavy atom. The van der Waals surface area contributed by atoms with Crippen LogP contribution in [-0.2, 0) is 0 Å². The predicted octanol–water partition coefficient (Wildman–Crippen LogP) is 9.35. The Kier molecular flexibility index (Phi) is 11.6. The molecule has 1 atom stereocenters. The third-order valence-corrected chi connectivity index (χ3v) is 7.70. The van der Waals surface area contributed by atoms with E-state index in [0.29, 0.717) is 16.6 Å².